The zero-order valence-corrected chi connectivity index (χ0v) is 46.5. The molecule has 0 aromatic heterocycles. The number of benzene rings is 8. The Morgan fingerprint density at radius 1 is 0.263 bits per heavy atom. The van der Waals surface area contributed by atoms with Crippen LogP contribution in [0.5, 0.6) is 11.5 Å². The van der Waals surface area contributed by atoms with Gasteiger partial charge in [0, 0.05) is 0 Å². The molecule has 0 N–H and O–H groups in total. The first-order valence-electron chi connectivity index (χ1n) is 26.3. The Kier molecular flexibility index (Phi) is 21.6. The van der Waals surface area contributed by atoms with E-state index in [1.807, 2.05) is 231 Å². The average Bonchev–Trinajstić information content (AvgIpc) is 3.59. The van der Waals surface area contributed by atoms with E-state index in [1.54, 1.807) is 14.2 Å². The smallest absolute Gasteiger partial charge is 0.475 e. The van der Waals surface area contributed by atoms with E-state index in [-0.39, 0.29) is 52.9 Å². The topological polar surface area (TPSA) is 145 Å². The molecule has 6 atom stereocenters. The normalized spacial score (nSPS) is 18.4. The third-order valence-corrected chi connectivity index (χ3v) is 15.9. The van der Waals surface area contributed by atoms with Crippen LogP contribution in [0.25, 0.3) is 0 Å². The number of phosphoric ester groups is 2. The Morgan fingerprint density at radius 3 is 0.688 bits per heavy atom. The van der Waals surface area contributed by atoms with E-state index in [4.69, 9.17) is 55.6 Å². The molecule has 14 nitrogen and oxygen atoms in total. The number of hydrogen-bond donors (Lipinski definition) is 0. The van der Waals surface area contributed by atoms with Crippen molar-refractivity contribution in [2.45, 2.75) is 89.5 Å². The molecule has 0 aliphatic heterocycles. The lowest BCUT2D eigenvalue weighted by Crippen LogP contribution is -2.67. The molecule has 0 amide bonds. The second kappa shape index (κ2) is 29.8. The Balaban J connectivity index is 1.22. The lowest BCUT2D eigenvalue weighted by molar-refractivity contribution is -0.269. The first kappa shape index (κ1) is 58.1. The van der Waals surface area contributed by atoms with Crippen LogP contribution in [0.3, 0.4) is 0 Å². The van der Waals surface area contributed by atoms with E-state index in [1.165, 1.54) is 0 Å². The summed E-state index contributed by atoms with van der Waals surface area (Å²) < 4.78 is 111. The van der Waals surface area contributed by atoms with Gasteiger partial charge in [0.1, 0.15) is 48.1 Å². The predicted molar refractivity (Wildman–Crippen MR) is 303 cm³/mol. The van der Waals surface area contributed by atoms with Crippen LogP contribution in [0, 0.1) is 0 Å². The molecule has 80 heavy (non-hydrogen) atoms. The highest BCUT2D eigenvalue weighted by Crippen LogP contribution is 2.58. The average molecular weight is 1120 g/mol. The molecular weight excluding hydrogens is 1050 g/mol. The van der Waals surface area contributed by atoms with E-state index in [0.717, 1.165) is 22.3 Å². The molecule has 0 saturated heterocycles. The maximum atomic E-state index is 16.0. The molecule has 0 radical (unpaired) electrons. The molecule has 0 heterocycles. The Bertz CT molecular complexity index is 2820. The van der Waals surface area contributed by atoms with E-state index in [9.17, 15) is 0 Å². The molecule has 8 aromatic rings. The summed E-state index contributed by atoms with van der Waals surface area (Å²) in [6.07, 6.45) is -7.99. The lowest BCUT2D eigenvalue weighted by Gasteiger charge is -2.50. The summed E-state index contributed by atoms with van der Waals surface area (Å²) in [6.45, 7) is -0.690. The van der Waals surface area contributed by atoms with Gasteiger partial charge in [-0.1, -0.05) is 206 Å². The monoisotopic (exact) mass is 1120 g/mol. The molecule has 0 spiro atoms. The molecule has 1 saturated carbocycles. The second-order valence-corrected chi connectivity index (χ2v) is 22.1. The Morgan fingerprint density at radius 2 is 0.463 bits per heavy atom. The minimum Gasteiger partial charge on any atom is -0.497 e. The molecule has 1 aliphatic carbocycles. The number of phosphoric acid groups is 2. The number of methoxy groups -OCH3 is 2. The number of rotatable bonds is 30. The summed E-state index contributed by atoms with van der Waals surface area (Å²) in [5.74, 6) is 1.32. The van der Waals surface area contributed by atoms with Crippen molar-refractivity contribution in [3.05, 3.63) is 275 Å². The van der Waals surface area contributed by atoms with Crippen LogP contribution in [0.4, 0.5) is 0 Å². The van der Waals surface area contributed by atoms with Crippen molar-refractivity contribution >= 4 is 15.6 Å². The molecule has 16 heteroatoms. The van der Waals surface area contributed by atoms with Gasteiger partial charge < -0.3 is 28.4 Å². The Hall–Kier alpha value is -6.58. The van der Waals surface area contributed by atoms with Crippen LogP contribution < -0.4 is 9.47 Å². The van der Waals surface area contributed by atoms with Gasteiger partial charge in [0.15, 0.2) is 0 Å². The predicted octanol–water partition coefficient (Wildman–Crippen LogP) is 14.2. The van der Waals surface area contributed by atoms with Crippen LogP contribution in [0.15, 0.2) is 231 Å². The van der Waals surface area contributed by atoms with Gasteiger partial charge in [-0.05, 0) is 68.8 Å². The quantitative estimate of drug-likeness (QED) is 0.0394. The summed E-state index contributed by atoms with van der Waals surface area (Å²) in [4.78, 5) is 0. The van der Waals surface area contributed by atoms with Gasteiger partial charge in [0.25, 0.3) is 0 Å². The van der Waals surface area contributed by atoms with Crippen LogP contribution in [0.2, 0.25) is 0 Å². The van der Waals surface area contributed by atoms with E-state index < -0.39 is 52.3 Å². The lowest BCUT2D eigenvalue weighted by atomic mass is 9.84. The van der Waals surface area contributed by atoms with Crippen LogP contribution >= 0.6 is 15.6 Å². The third kappa shape index (κ3) is 17.2. The van der Waals surface area contributed by atoms with Crippen molar-refractivity contribution in [3.63, 3.8) is 0 Å². The van der Waals surface area contributed by atoms with Gasteiger partial charge in [0.2, 0.25) is 0 Å². The highest BCUT2D eigenvalue weighted by molar-refractivity contribution is 7.48. The SMILES string of the molecule is COc1ccc(CO[C@H]2[C@H](OCc3ccc(OC)cc3)[C@@H](OCc3ccccc3)[C@H](OP(=O)(OCc3ccccc3)OCc3ccccc3)[C@H](OP(=O)(OCc3ccccc3)OCc3ccccc3)[C@@H]2OCc2ccccc2)cc1. The fourth-order valence-electron chi connectivity index (χ4n) is 8.89. The standard InChI is InChI=1S/C64H66O14P2/c1-67-57-37-33-55(34-38-57)43-69-59-60(70-44-56-35-39-58(68-2)40-36-56)62(72-42-50-23-11-4-12-24-50)64(78-80(66,75-47-53-29-17-7-18-30-53)76-48-54-31-19-8-20-32-54)63(61(59)71-41-49-21-9-3-10-22-49)77-79(65,73-45-51-25-13-5-14-26-51)74-46-52-27-15-6-16-28-52/h3-40,59-64H,41-48H2,1-2H3/t59-,60-,61+,62+,63-,64+/m0/s1. The molecule has 8 aromatic carbocycles. The second-order valence-electron chi connectivity index (χ2n) is 18.8. The van der Waals surface area contributed by atoms with Crippen molar-refractivity contribution < 1.29 is 64.7 Å². The fraction of sp³-hybridized carbons (Fsp3) is 0.250. The fourth-order valence-corrected chi connectivity index (χ4v) is 11.6. The molecule has 416 valence electrons. The summed E-state index contributed by atoms with van der Waals surface area (Å²) in [5, 5.41) is 0. The van der Waals surface area contributed by atoms with Crippen molar-refractivity contribution in [3.8, 4) is 11.5 Å². The van der Waals surface area contributed by atoms with E-state index >= 15 is 9.13 Å². The minimum atomic E-state index is -4.80. The van der Waals surface area contributed by atoms with Crippen LogP contribution in [-0.4, -0.2) is 50.8 Å². The highest BCUT2D eigenvalue weighted by Gasteiger charge is 2.59. The van der Waals surface area contributed by atoms with E-state index in [2.05, 4.69) is 0 Å². The van der Waals surface area contributed by atoms with Crippen molar-refractivity contribution in [1.29, 1.82) is 0 Å². The van der Waals surface area contributed by atoms with Crippen molar-refractivity contribution in [2.24, 2.45) is 0 Å². The van der Waals surface area contributed by atoms with Crippen molar-refractivity contribution in [2.75, 3.05) is 14.2 Å². The molecule has 0 unspecified atom stereocenters. The van der Waals surface area contributed by atoms with E-state index in [0.29, 0.717) is 33.8 Å². The summed E-state index contributed by atoms with van der Waals surface area (Å²) in [5.41, 5.74) is 5.93. The summed E-state index contributed by atoms with van der Waals surface area (Å²) in [7, 11) is -6.39. The number of ether oxygens (including phenoxy) is 6. The molecule has 1 fully saturated rings. The summed E-state index contributed by atoms with van der Waals surface area (Å²) in [6, 6.07) is 71.0. The first-order valence-corrected chi connectivity index (χ1v) is 29.3. The van der Waals surface area contributed by atoms with Crippen molar-refractivity contribution in [1.82, 2.24) is 0 Å². The maximum Gasteiger partial charge on any atom is 0.475 e. The molecular formula is C64H66O14P2. The van der Waals surface area contributed by atoms with Crippen LogP contribution in [0.1, 0.15) is 44.5 Å². The van der Waals surface area contributed by atoms with Gasteiger partial charge in [0.05, 0.1) is 67.1 Å². The molecule has 0 bridgehead atoms. The zero-order chi connectivity index (χ0) is 55.2. The molecule has 9 rings (SSSR count). The minimum absolute atomic E-state index is 0.00601. The third-order valence-electron chi connectivity index (χ3n) is 13.1. The van der Waals surface area contributed by atoms with Gasteiger partial charge in [-0.25, -0.2) is 9.13 Å². The highest BCUT2D eigenvalue weighted by atomic mass is 31.2. The largest absolute Gasteiger partial charge is 0.497 e. The molecule has 1 aliphatic rings. The van der Waals surface area contributed by atoms with Gasteiger partial charge >= 0.3 is 15.6 Å². The summed E-state index contributed by atoms with van der Waals surface area (Å²) >= 11 is 0. The Labute approximate surface area is 468 Å². The zero-order valence-electron chi connectivity index (χ0n) is 44.7. The van der Waals surface area contributed by atoms with Gasteiger partial charge in [-0.15, -0.1) is 0 Å². The van der Waals surface area contributed by atoms with Gasteiger partial charge in [-0.3, -0.25) is 27.1 Å². The van der Waals surface area contributed by atoms with Crippen LogP contribution in [-0.2, 0) is 108 Å². The first-order chi connectivity index (χ1) is 39.2. The number of hydrogen-bond acceptors (Lipinski definition) is 14. The van der Waals surface area contributed by atoms with Gasteiger partial charge in [-0.2, -0.15) is 0 Å². The maximum absolute atomic E-state index is 16.0.